The van der Waals surface area contributed by atoms with Crippen LogP contribution in [0.15, 0.2) is 0 Å². The number of hydrogen-bond donors (Lipinski definition) is 1. The van der Waals surface area contributed by atoms with E-state index in [2.05, 4.69) is 10.2 Å². The molecule has 1 N–H and O–H groups in total. The minimum absolute atomic E-state index is 0.351. The first-order valence-corrected chi connectivity index (χ1v) is 8.53. The van der Waals surface area contributed by atoms with Crippen LogP contribution in [0.1, 0.15) is 25.7 Å². The minimum atomic E-state index is -2.73. The Bertz CT molecular complexity index is 328. The van der Waals surface area contributed by atoms with Crippen LogP contribution in [0, 0.1) is 5.92 Å². The SMILES string of the molecule is CNC1CCCCC1CN1CCS(=O)(=O)CC1. The zero-order chi connectivity index (χ0) is 12.3. The summed E-state index contributed by atoms with van der Waals surface area (Å²) in [5.41, 5.74) is 0. The first-order valence-electron chi connectivity index (χ1n) is 6.71. The van der Waals surface area contributed by atoms with E-state index in [9.17, 15) is 8.42 Å². The van der Waals surface area contributed by atoms with Gasteiger partial charge in [-0.05, 0) is 25.8 Å². The molecular formula is C12H24N2O2S. The topological polar surface area (TPSA) is 49.4 Å². The average Bonchev–Trinajstić information content (AvgIpc) is 2.32. The van der Waals surface area contributed by atoms with Crippen molar-refractivity contribution in [3.8, 4) is 0 Å². The zero-order valence-electron chi connectivity index (χ0n) is 10.7. The lowest BCUT2D eigenvalue weighted by molar-refractivity contribution is 0.180. The van der Waals surface area contributed by atoms with Gasteiger partial charge < -0.3 is 10.2 Å². The van der Waals surface area contributed by atoms with E-state index in [1.165, 1.54) is 25.7 Å². The third-order valence-electron chi connectivity index (χ3n) is 4.21. The number of nitrogens with zero attached hydrogens (tertiary/aromatic N) is 1. The van der Waals surface area contributed by atoms with Gasteiger partial charge in [-0.15, -0.1) is 0 Å². The van der Waals surface area contributed by atoms with E-state index in [0.29, 0.717) is 23.5 Å². The summed E-state index contributed by atoms with van der Waals surface area (Å²) < 4.78 is 22.7. The van der Waals surface area contributed by atoms with Crippen LogP contribution in [-0.2, 0) is 9.84 Å². The molecule has 100 valence electrons. The van der Waals surface area contributed by atoms with Crippen LogP contribution >= 0.6 is 0 Å². The Balaban J connectivity index is 1.84. The maximum absolute atomic E-state index is 11.4. The van der Waals surface area contributed by atoms with Crippen LogP contribution in [0.2, 0.25) is 0 Å². The number of rotatable bonds is 3. The molecule has 4 nitrogen and oxygen atoms in total. The Morgan fingerprint density at radius 1 is 1.18 bits per heavy atom. The van der Waals surface area contributed by atoms with Crippen LogP contribution in [0.4, 0.5) is 0 Å². The first-order chi connectivity index (χ1) is 8.11. The molecule has 17 heavy (non-hydrogen) atoms. The summed E-state index contributed by atoms with van der Waals surface area (Å²) in [6.07, 6.45) is 5.22. The monoisotopic (exact) mass is 260 g/mol. The second-order valence-corrected chi connectivity index (χ2v) is 7.70. The molecule has 0 aromatic rings. The number of nitrogens with one attached hydrogen (secondary N) is 1. The van der Waals surface area contributed by atoms with E-state index in [1.54, 1.807) is 0 Å². The highest BCUT2D eigenvalue weighted by Gasteiger charge is 2.28. The molecule has 5 heteroatoms. The molecule has 0 bridgehead atoms. The van der Waals surface area contributed by atoms with E-state index in [1.807, 2.05) is 7.05 Å². The van der Waals surface area contributed by atoms with Crippen molar-refractivity contribution in [3.63, 3.8) is 0 Å². The summed E-state index contributed by atoms with van der Waals surface area (Å²) in [5.74, 6) is 1.41. The molecule has 0 aromatic carbocycles. The fourth-order valence-electron chi connectivity index (χ4n) is 3.07. The van der Waals surface area contributed by atoms with Gasteiger partial charge in [-0.3, -0.25) is 0 Å². The van der Waals surface area contributed by atoms with Crippen molar-refractivity contribution >= 4 is 9.84 Å². The fourth-order valence-corrected chi connectivity index (χ4v) is 4.35. The van der Waals surface area contributed by atoms with Crippen molar-refractivity contribution < 1.29 is 8.42 Å². The Hall–Kier alpha value is -0.130. The molecule has 2 unspecified atom stereocenters. The van der Waals surface area contributed by atoms with Crippen LogP contribution < -0.4 is 5.32 Å². The van der Waals surface area contributed by atoms with Crippen LogP contribution in [-0.4, -0.2) is 57.5 Å². The van der Waals surface area contributed by atoms with Crippen molar-refractivity contribution in [3.05, 3.63) is 0 Å². The van der Waals surface area contributed by atoms with Crippen molar-refractivity contribution in [2.45, 2.75) is 31.7 Å². The van der Waals surface area contributed by atoms with Gasteiger partial charge in [0, 0.05) is 25.7 Å². The van der Waals surface area contributed by atoms with Crippen molar-refractivity contribution in [2.75, 3.05) is 38.2 Å². The second-order valence-electron chi connectivity index (χ2n) is 5.39. The fraction of sp³-hybridized carbons (Fsp3) is 1.00. The highest BCUT2D eigenvalue weighted by Crippen LogP contribution is 2.25. The lowest BCUT2D eigenvalue weighted by Crippen LogP contribution is -2.47. The molecule has 0 amide bonds. The van der Waals surface area contributed by atoms with Gasteiger partial charge in [-0.2, -0.15) is 0 Å². The third-order valence-corrected chi connectivity index (χ3v) is 5.82. The first kappa shape index (κ1) is 13.3. The summed E-state index contributed by atoms with van der Waals surface area (Å²) in [6.45, 7) is 2.53. The van der Waals surface area contributed by atoms with E-state index in [0.717, 1.165) is 19.6 Å². The highest BCUT2D eigenvalue weighted by molar-refractivity contribution is 7.91. The number of sulfone groups is 1. The zero-order valence-corrected chi connectivity index (χ0v) is 11.5. The molecule has 1 aliphatic heterocycles. The smallest absolute Gasteiger partial charge is 0.152 e. The van der Waals surface area contributed by atoms with E-state index in [-0.39, 0.29) is 0 Å². The van der Waals surface area contributed by atoms with Gasteiger partial charge in [0.25, 0.3) is 0 Å². The largest absolute Gasteiger partial charge is 0.317 e. The summed E-state index contributed by atoms with van der Waals surface area (Å²) in [7, 11) is -0.688. The standard InChI is InChI=1S/C12H24N2O2S/c1-13-12-5-3-2-4-11(12)10-14-6-8-17(15,16)9-7-14/h11-13H,2-10H2,1H3. The van der Waals surface area contributed by atoms with Crippen molar-refractivity contribution in [2.24, 2.45) is 5.92 Å². The Morgan fingerprint density at radius 2 is 1.82 bits per heavy atom. The van der Waals surface area contributed by atoms with E-state index in [4.69, 9.17) is 0 Å². The van der Waals surface area contributed by atoms with Gasteiger partial charge in [0.1, 0.15) is 0 Å². The molecule has 1 saturated heterocycles. The van der Waals surface area contributed by atoms with Crippen molar-refractivity contribution in [1.82, 2.24) is 10.2 Å². The molecule has 1 aliphatic carbocycles. The van der Waals surface area contributed by atoms with Gasteiger partial charge in [0.15, 0.2) is 9.84 Å². The summed E-state index contributed by atoms with van der Waals surface area (Å²) in [6, 6.07) is 0.627. The van der Waals surface area contributed by atoms with Gasteiger partial charge >= 0.3 is 0 Å². The van der Waals surface area contributed by atoms with Gasteiger partial charge in [0.05, 0.1) is 11.5 Å². The second kappa shape index (κ2) is 5.67. The quantitative estimate of drug-likeness (QED) is 0.802. The summed E-state index contributed by atoms with van der Waals surface area (Å²) in [4.78, 5) is 2.33. The number of hydrogen-bond acceptors (Lipinski definition) is 4. The molecule has 2 aliphatic rings. The summed E-state index contributed by atoms with van der Waals surface area (Å²) in [5, 5.41) is 3.41. The lowest BCUT2D eigenvalue weighted by Gasteiger charge is -2.36. The Labute approximate surface area is 105 Å². The molecular weight excluding hydrogens is 236 g/mol. The molecule has 0 radical (unpaired) electrons. The maximum Gasteiger partial charge on any atom is 0.152 e. The van der Waals surface area contributed by atoms with Gasteiger partial charge in [-0.25, -0.2) is 8.42 Å². The molecule has 1 heterocycles. The molecule has 2 fully saturated rings. The minimum Gasteiger partial charge on any atom is -0.317 e. The predicted molar refractivity (Wildman–Crippen MR) is 69.9 cm³/mol. The molecule has 2 atom stereocenters. The molecule has 2 rings (SSSR count). The normalized spacial score (nSPS) is 34.6. The lowest BCUT2D eigenvalue weighted by atomic mass is 9.84. The van der Waals surface area contributed by atoms with Crippen LogP contribution in [0.3, 0.4) is 0 Å². The van der Waals surface area contributed by atoms with E-state index < -0.39 is 9.84 Å². The van der Waals surface area contributed by atoms with Gasteiger partial charge in [0.2, 0.25) is 0 Å². The van der Waals surface area contributed by atoms with Gasteiger partial charge in [-0.1, -0.05) is 12.8 Å². The highest BCUT2D eigenvalue weighted by atomic mass is 32.2. The Kier molecular flexibility index (Phi) is 4.44. The van der Waals surface area contributed by atoms with E-state index >= 15 is 0 Å². The third kappa shape index (κ3) is 3.66. The molecule has 1 saturated carbocycles. The van der Waals surface area contributed by atoms with Crippen molar-refractivity contribution in [1.29, 1.82) is 0 Å². The predicted octanol–water partition coefficient (Wildman–Crippen LogP) is 0.495. The maximum atomic E-state index is 11.4. The molecule has 0 spiro atoms. The Morgan fingerprint density at radius 3 is 2.47 bits per heavy atom. The van der Waals surface area contributed by atoms with Crippen LogP contribution in [0.5, 0.6) is 0 Å². The van der Waals surface area contributed by atoms with Crippen LogP contribution in [0.25, 0.3) is 0 Å². The average molecular weight is 260 g/mol. The summed E-state index contributed by atoms with van der Waals surface area (Å²) >= 11 is 0. The molecule has 0 aromatic heterocycles.